The molecule has 40 heavy (non-hydrogen) atoms. The molecule has 0 atom stereocenters. The SMILES string of the molecule is C=C=C(Nc1cccc(N(C)C)c1)c1ccc(C)c(Nc2nc(NC3CCCC3)nc(N(C)CC(C)(C)C)n2)c1. The third kappa shape index (κ3) is 7.76. The minimum absolute atomic E-state index is 0.103. The van der Waals surface area contributed by atoms with Crippen LogP contribution in [0.1, 0.15) is 57.6 Å². The lowest BCUT2D eigenvalue weighted by Crippen LogP contribution is -2.31. The average molecular weight is 541 g/mol. The summed E-state index contributed by atoms with van der Waals surface area (Å²) in [5, 5.41) is 10.5. The van der Waals surface area contributed by atoms with Gasteiger partial charge in [0, 0.05) is 56.4 Å². The smallest absolute Gasteiger partial charge is 0.233 e. The molecule has 0 bridgehead atoms. The normalized spacial score (nSPS) is 13.5. The number of hydrogen-bond donors (Lipinski definition) is 3. The highest BCUT2D eigenvalue weighted by molar-refractivity contribution is 5.80. The molecule has 1 aliphatic carbocycles. The molecule has 0 spiro atoms. The van der Waals surface area contributed by atoms with E-state index >= 15 is 0 Å². The van der Waals surface area contributed by atoms with Crippen LogP contribution in [0, 0.1) is 12.3 Å². The molecule has 0 radical (unpaired) electrons. The minimum Gasteiger partial charge on any atom is -0.378 e. The molecule has 0 saturated heterocycles. The lowest BCUT2D eigenvalue weighted by Gasteiger charge is -2.27. The number of hydrogen-bond acceptors (Lipinski definition) is 8. The molecular weight excluding hydrogens is 496 g/mol. The second-order valence-electron chi connectivity index (χ2n) is 12.1. The molecule has 1 aliphatic rings. The predicted molar refractivity (Wildman–Crippen MR) is 170 cm³/mol. The van der Waals surface area contributed by atoms with E-state index in [9.17, 15) is 0 Å². The Balaban J connectivity index is 1.62. The van der Waals surface area contributed by atoms with Crippen LogP contribution in [0.15, 0.2) is 54.8 Å². The fraction of sp³-hybridized carbons (Fsp3) is 0.438. The summed E-state index contributed by atoms with van der Waals surface area (Å²) < 4.78 is 0. The van der Waals surface area contributed by atoms with Gasteiger partial charge in [-0.05, 0) is 55.0 Å². The van der Waals surface area contributed by atoms with Gasteiger partial charge in [0.2, 0.25) is 17.8 Å². The predicted octanol–water partition coefficient (Wildman–Crippen LogP) is 7.06. The van der Waals surface area contributed by atoms with Gasteiger partial charge in [0.05, 0.1) is 5.70 Å². The summed E-state index contributed by atoms with van der Waals surface area (Å²) in [6.07, 6.45) is 4.76. The molecule has 0 aliphatic heterocycles. The lowest BCUT2D eigenvalue weighted by molar-refractivity contribution is 0.416. The van der Waals surface area contributed by atoms with Crippen LogP contribution < -0.4 is 25.8 Å². The maximum Gasteiger partial charge on any atom is 0.233 e. The molecule has 1 fully saturated rings. The van der Waals surface area contributed by atoms with Gasteiger partial charge in [0.15, 0.2) is 0 Å². The lowest BCUT2D eigenvalue weighted by atomic mass is 9.96. The van der Waals surface area contributed by atoms with Gasteiger partial charge < -0.3 is 25.8 Å². The zero-order chi connectivity index (χ0) is 28.9. The van der Waals surface area contributed by atoms with E-state index in [1.165, 1.54) is 12.8 Å². The van der Waals surface area contributed by atoms with Gasteiger partial charge in [0.1, 0.15) is 0 Å². The molecule has 8 heteroatoms. The zero-order valence-electron chi connectivity index (χ0n) is 25.1. The highest BCUT2D eigenvalue weighted by atomic mass is 15.3. The van der Waals surface area contributed by atoms with Crippen molar-refractivity contribution < 1.29 is 0 Å². The van der Waals surface area contributed by atoms with Crippen molar-refractivity contribution in [3.05, 3.63) is 65.9 Å². The second kappa shape index (κ2) is 12.4. The van der Waals surface area contributed by atoms with E-state index in [2.05, 4.69) is 96.1 Å². The monoisotopic (exact) mass is 540 g/mol. The first-order valence-electron chi connectivity index (χ1n) is 14.1. The topological polar surface area (TPSA) is 81.2 Å². The number of aryl methyl sites for hydroxylation is 1. The Labute approximate surface area is 239 Å². The molecule has 3 N–H and O–H groups in total. The van der Waals surface area contributed by atoms with Crippen LogP contribution in [0.4, 0.5) is 34.9 Å². The molecule has 0 unspecified atom stereocenters. The maximum absolute atomic E-state index is 4.81. The average Bonchev–Trinajstić information content (AvgIpc) is 3.40. The molecule has 2 aromatic carbocycles. The van der Waals surface area contributed by atoms with Crippen LogP contribution in [0.2, 0.25) is 0 Å². The number of nitrogens with one attached hydrogen (secondary N) is 3. The Morgan fingerprint density at radius 2 is 1.73 bits per heavy atom. The maximum atomic E-state index is 4.81. The number of nitrogens with zero attached hydrogens (tertiary/aromatic N) is 5. The zero-order valence-corrected chi connectivity index (χ0v) is 25.1. The molecular formula is C32H44N8. The van der Waals surface area contributed by atoms with Gasteiger partial charge >= 0.3 is 0 Å². The summed E-state index contributed by atoms with van der Waals surface area (Å²) in [6.45, 7) is 13.5. The van der Waals surface area contributed by atoms with Crippen molar-refractivity contribution in [3.8, 4) is 0 Å². The van der Waals surface area contributed by atoms with Crippen molar-refractivity contribution in [1.29, 1.82) is 0 Å². The van der Waals surface area contributed by atoms with Crippen molar-refractivity contribution in [2.24, 2.45) is 5.41 Å². The summed E-state index contributed by atoms with van der Waals surface area (Å²) in [6, 6.07) is 14.9. The third-order valence-electron chi connectivity index (χ3n) is 6.95. The van der Waals surface area contributed by atoms with Gasteiger partial charge in [-0.3, -0.25) is 0 Å². The van der Waals surface area contributed by atoms with Crippen molar-refractivity contribution in [3.63, 3.8) is 0 Å². The van der Waals surface area contributed by atoms with Crippen molar-refractivity contribution in [1.82, 2.24) is 15.0 Å². The Morgan fingerprint density at radius 1 is 1.00 bits per heavy atom. The molecule has 1 aromatic heterocycles. The van der Waals surface area contributed by atoms with E-state index in [0.717, 1.165) is 53.3 Å². The molecule has 212 valence electrons. The Morgan fingerprint density at radius 3 is 2.40 bits per heavy atom. The van der Waals surface area contributed by atoms with E-state index in [1.807, 2.05) is 33.3 Å². The Kier molecular flexibility index (Phi) is 9.00. The summed E-state index contributed by atoms with van der Waals surface area (Å²) >= 11 is 0. The number of anilines is 6. The van der Waals surface area contributed by atoms with Crippen LogP contribution in [-0.2, 0) is 0 Å². The highest BCUT2D eigenvalue weighted by Crippen LogP contribution is 2.28. The third-order valence-corrected chi connectivity index (χ3v) is 6.95. The molecule has 8 nitrogen and oxygen atoms in total. The van der Waals surface area contributed by atoms with Crippen LogP contribution in [-0.4, -0.2) is 48.7 Å². The van der Waals surface area contributed by atoms with Gasteiger partial charge in [-0.2, -0.15) is 15.0 Å². The van der Waals surface area contributed by atoms with E-state index in [-0.39, 0.29) is 5.41 Å². The van der Waals surface area contributed by atoms with Crippen LogP contribution >= 0.6 is 0 Å². The fourth-order valence-electron chi connectivity index (χ4n) is 4.95. The van der Waals surface area contributed by atoms with Crippen LogP contribution in [0.3, 0.4) is 0 Å². The summed E-state index contributed by atoms with van der Waals surface area (Å²) in [5.41, 5.74) is 9.02. The van der Waals surface area contributed by atoms with Crippen molar-refractivity contribution >= 4 is 40.6 Å². The Hall–Kier alpha value is -4.03. The summed E-state index contributed by atoms with van der Waals surface area (Å²) in [5.74, 6) is 1.78. The van der Waals surface area contributed by atoms with Gasteiger partial charge in [0.25, 0.3) is 0 Å². The fourth-order valence-corrected chi connectivity index (χ4v) is 4.95. The summed E-state index contributed by atoms with van der Waals surface area (Å²) in [4.78, 5) is 18.6. The molecule has 1 heterocycles. The standard InChI is InChI=1S/C32H44N8/c1-9-27(33-25-15-12-16-26(20-25)39(6)7)23-18-17-22(2)28(19-23)35-30-36-29(34-24-13-10-11-14-24)37-31(38-30)40(8)21-32(3,4)5/h12,15-20,24,33H,1,10-11,13-14,21H2,2-8H3,(H2,34,35,36,37,38). The van der Waals surface area contributed by atoms with Crippen LogP contribution in [0.5, 0.6) is 0 Å². The van der Waals surface area contributed by atoms with E-state index < -0.39 is 0 Å². The Bertz CT molecular complexity index is 1360. The van der Waals surface area contributed by atoms with E-state index in [1.54, 1.807) is 0 Å². The summed E-state index contributed by atoms with van der Waals surface area (Å²) in [7, 11) is 6.10. The largest absolute Gasteiger partial charge is 0.378 e. The van der Waals surface area contributed by atoms with E-state index in [0.29, 0.717) is 23.9 Å². The highest BCUT2D eigenvalue weighted by Gasteiger charge is 2.20. The van der Waals surface area contributed by atoms with Crippen molar-refractivity contribution in [2.45, 2.75) is 59.4 Å². The number of benzene rings is 2. The van der Waals surface area contributed by atoms with Crippen LogP contribution in [0.25, 0.3) is 5.70 Å². The van der Waals surface area contributed by atoms with Gasteiger partial charge in [-0.15, -0.1) is 5.73 Å². The van der Waals surface area contributed by atoms with E-state index in [4.69, 9.17) is 15.0 Å². The molecule has 0 amide bonds. The first kappa shape index (κ1) is 29.0. The van der Waals surface area contributed by atoms with Gasteiger partial charge in [-0.25, -0.2) is 0 Å². The first-order chi connectivity index (χ1) is 19.0. The number of rotatable bonds is 10. The second-order valence-corrected chi connectivity index (χ2v) is 12.1. The number of aromatic nitrogens is 3. The molecule has 4 rings (SSSR count). The first-order valence-corrected chi connectivity index (χ1v) is 14.1. The minimum atomic E-state index is 0.103. The van der Waals surface area contributed by atoms with Gasteiger partial charge in [-0.1, -0.05) is 58.4 Å². The quantitative estimate of drug-likeness (QED) is 0.236. The molecule has 3 aromatic rings. The van der Waals surface area contributed by atoms with Crippen molar-refractivity contribution in [2.75, 3.05) is 53.4 Å². The molecule has 1 saturated carbocycles.